The molecule has 0 amide bonds. The molecule has 0 radical (unpaired) electrons. The van der Waals surface area contributed by atoms with E-state index in [2.05, 4.69) is 4.98 Å². The van der Waals surface area contributed by atoms with E-state index in [4.69, 9.17) is 27.9 Å². The molecular formula is C16H20Cl2N2O3. The molecule has 2 N–H and O–H groups in total. The second kappa shape index (κ2) is 6.85. The van der Waals surface area contributed by atoms with E-state index >= 15 is 0 Å². The van der Waals surface area contributed by atoms with Gasteiger partial charge in [0.1, 0.15) is 23.0 Å². The number of halogens is 2. The second-order valence-electron chi connectivity index (χ2n) is 6.04. The van der Waals surface area contributed by atoms with E-state index in [1.807, 2.05) is 0 Å². The molecule has 2 atom stereocenters. The van der Waals surface area contributed by atoms with Crippen LogP contribution in [0.4, 0.5) is 0 Å². The van der Waals surface area contributed by atoms with Crippen molar-refractivity contribution in [1.82, 2.24) is 9.55 Å². The van der Waals surface area contributed by atoms with Gasteiger partial charge in [0.05, 0.1) is 23.3 Å². The molecule has 23 heavy (non-hydrogen) atoms. The van der Waals surface area contributed by atoms with Crippen LogP contribution in [0.1, 0.15) is 31.5 Å². The van der Waals surface area contributed by atoms with Gasteiger partial charge >= 0.3 is 0 Å². The number of hydrogen-bond donors (Lipinski definition) is 2. The fourth-order valence-electron chi connectivity index (χ4n) is 3.13. The Kier molecular flexibility index (Phi) is 5.01. The molecule has 1 aromatic heterocycles. The molecule has 0 bridgehead atoms. The van der Waals surface area contributed by atoms with Crippen molar-refractivity contribution in [2.45, 2.75) is 38.4 Å². The quantitative estimate of drug-likeness (QED) is 0.879. The summed E-state index contributed by atoms with van der Waals surface area (Å²) < 4.78 is 7.68. The molecule has 1 saturated carbocycles. The number of imidazole rings is 1. The van der Waals surface area contributed by atoms with Gasteiger partial charge in [0.2, 0.25) is 0 Å². The Morgan fingerprint density at radius 1 is 1.35 bits per heavy atom. The first-order chi connectivity index (χ1) is 11.0. The lowest BCUT2D eigenvalue weighted by Crippen LogP contribution is -2.29. The molecule has 7 heteroatoms. The molecule has 3 rings (SSSR count). The molecule has 1 heterocycles. The van der Waals surface area contributed by atoms with Crippen molar-refractivity contribution in [3.63, 3.8) is 0 Å². The average Bonchev–Trinajstić information content (AvgIpc) is 2.85. The third-order valence-corrected chi connectivity index (χ3v) is 5.34. The van der Waals surface area contributed by atoms with Gasteiger partial charge in [-0.1, -0.05) is 36.0 Å². The number of aromatic nitrogens is 2. The van der Waals surface area contributed by atoms with Crippen molar-refractivity contribution in [2.75, 3.05) is 6.61 Å². The maximum absolute atomic E-state index is 10.1. The molecule has 2 aromatic rings. The first kappa shape index (κ1) is 16.8. The van der Waals surface area contributed by atoms with Gasteiger partial charge in [0.15, 0.2) is 5.75 Å². The minimum Gasteiger partial charge on any atom is -0.489 e. The Morgan fingerprint density at radius 3 is 2.78 bits per heavy atom. The largest absolute Gasteiger partial charge is 0.489 e. The maximum atomic E-state index is 10.1. The van der Waals surface area contributed by atoms with Gasteiger partial charge in [-0.25, -0.2) is 4.98 Å². The molecule has 1 aromatic carbocycles. The summed E-state index contributed by atoms with van der Waals surface area (Å²) in [5.41, 5.74) is 1.33. The van der Waals surface area contributed by atoms with Crippen LogP contribution in [0.5, 0.6) is 5.75 Å². The minimum atomic E-state index is -0.339. The van der Waals surface area contributed by atoms with E-state index < -0.39 is 0 Å². The fourth-order valence-corrected chi connectivity index (χ4v) is 3.52. The summed E-state index contributed by atoms with van der Waals surface area (Å²) >= 11 is 12.5. The van der Waals surface area contributed by atoms with Crippen molar-refractivity contribution < 1.29 is 14.9 Å². The molecule has 126 valence electrons. The Hall–Kier alpha value is -1.01. The summed E-state index contributed by atoms with van der Waals surface area (Å²) in [6, 6.07) is 1.72. The van der Waals surface area contributed by atoms with E-state index in [0.29, 0.717) is 33.7 Å². The molecule has 1 unspecified atom stereocenters. The number of aryl methyl sites for hydroxylation is 1. The van der Waals surface area contributed by atoms with E-state index in [-0.39, 0.29) is 18.6 Å². The Morgan fingerprint density at radius 2 is 2.09 bits per heavy atom. The molecule has 0 aliphatic heterocycles. The standard InChI is InChI=1S/C16H20Cl2N2O3/c1-20-11-6-10(17)14(18)16(15(11)19-13(20)7-21)23-8-9-4-2-3-5-12(9)22/h6,9,12,21-22H,2-5,7-8H2,1H3/t9?,12-/m0/s1. The van der Waals surface area contributed by atoms with Crippen molar-refractivity contribution in [3.05, 3.63) is 21.9 Å². The van der Waals surface area contributed by atoms with E-state index in [1.54, 1.807) is 17.7 Å². The highest BCUT2D eigenvalue weighted by molar-refractivity contribution is 6.44. The Balaban J connectivity index is 1.94. The van der Waals surface area contributed by atoms with Crippen LogP contribution < -0.4 is 4.74 Å². The van der Waals surface area contributed by atoms with Gasteiger partial charge in [0.25, 0.3) is 0 Å². The lowest BCUT2D eigenvalue weighted by Gasteiger charge is -2.27. The molecular weight excluding hydrogens is 339 g/mol. The van der Waals surface area contributed by atoms with Gasteiger partial charge in [-0.3, -0.25) is 0 Å². The predicted molar refractivity (Wildman–Crippen MR) is 90.1 cm³/mol. The van der Waals surface area contributed by atoms with Crippen LogP contribution in [0.15, 0.2) is 6.07 Å². The number of nitrogens with zero attached hydrogens (tertiary/aromatic N) is 2. The monoisotopic (exact) mass is 358 g/mol. The average molecular weight is 359 g/mol. The zero-order valence-corrected chi connectivity index (χ0v) is 14.4. The number of fused-ring (bicyclic) bond motifs is 1. The highest BCUT2D eigenvalue weighted by atomic mass is 35.5. The second-order valence-corrected chi connectivity index (χ2v) is 6.82. The summed E-state index contributed by atoms with van der Waals surface area (Å²) in [5.74, 6) is 1.03. The zero-order valence-electron chi connectivity index (χ0n) is 12.9. The third kappa shape index (κ3) is 3.15. The Bertz CT molecular complexity index is 717. The summed E-state index contributed by atoms with van der Waals surface area (Å²) in [5, 5.41) is 20.2. The number of ether oxygens (including phenoxy) is 1. The summed E-state index contributed by atoms with van der Waals surface area (Å²) in [7, 11) is 1.81. The van der Waals surface area contributed by atoms with Gasteiger partial charge in [-0.2, -0.15) is 0 Å². The van der Waals surface area contributed by atoms with Crippen molar-refractivity contribution in [1.29, 1.82) is 0 Å². The number of hydrogen-bond acceptors (Lipinski definition) is 4. The number of aliphatic hydroxyl groups is 2. The molecule has 1 aliphatic carbocycles. The molecule has 0 saturated heterocycles. The molecule has 5 nitrogen and oxygen atoms in total. The van der Waals surface area contributed by atoms with Crippen LogP contribution in [-0.2, 0) is 13.7 Å². The van der Waals surface area contributed by atoms with Crippen molar-refractivity contribution in [3.8, 4) is 5.75 Å². The van der Waals surface area contributed by atoms with E-state index in [9.17, 15) is 10.2 Å². The lowest BCUT2D eigenvalue weighted by molar-refractivity contribution is 0.0425. The fraction of sp³-hybridized carbons (Fsp3) is 0.562. The van der Waals surface area contributed by atoms with Crippen molar-refractivity contribution >= 4 is 34.2 Å². The van der Waals surface area contributed by atoms with E-state index in [0.717, 1.165) is 31.2 Å². The highest BCUT2D eigenvalue weighted by Gasteiger charge is 2.25. The van der Waals surface area contributed by atoms with Gasteiger partial charge in [-0.15, -0.1) is 0 Å². The third-order valence-electron chi connectivity index (χ3n) is 4.57. The Labute approximate surface area is 144 Å². The topological polar surface area (TPSA) is 67.5 Å². The zero-order chi connectivity index (χ0) is 16.6. The number of rotatable bonds is 4. The van der Waals surface area contributed by atoms with Crippen LogP contribution >= 0.6 is 23.2 Å². The van der Waals surface area contributed by atoms with Crippen LogP contribution in [0.3, 0.4) is 0 Å². The molecule has 1 fully saturated rings. The first-order valence-electron chi connectivity index (χ1n) is 7.78. The minimum absolute atomic E-state index is 0.0925. The smallest absolute Gasteiger partial charge is 0.167 e. The van der Waals surface area contributed by atoms with Gasteiger partial charge in [0, 0.05) is 13.0 Å². The van der Waals surface area contributed by atoms with E-state index in [1.165, 1.54) is 0 Å². The lowest BCUT2D eigenvalue weighted by atomic mass is 9.87. The number of benzene rings is 1. The first-order valence-corrected chi connectivity index (χ1v) is 8.53. The van der Waals surface area contributed by atoms with Crippen LogP contribution in [-0.4, -0.2) is 32.5 Å². The predicted octanol–water partition coefficient (Wildman–Crippen LogP) is 3.30. The van der Waals surface area contributed by atoms with Gasteiger partial charge in [-0.05, 0) is 18.9 Å². The van der Waals surface area contributed by atoms with Crippen LogP contribution in [0.2, 0.25) is 10.0 Å². The normalized spacial score (nSPS) is 21.8. The van der Waals surface area contributed by atoms with Crippen LogP contribution in [0, 0.1) is 5.92 Å². The molecule has 1 aliphatic rings. The summed E-state index contributed by atoms with van der Waals surface area (Å²) in [6.07, 6.45) is 3.56. The summed E-state index contributed by atoms with van der Waals surface area (Å²) in [4.78, 5) is 4.40. The summed E-state index contributed by atoms with van der Waals surface area (Å²) in [6.45, 7) is 0.197. The highest BCUT2D eigenvalue weighted by Crippen LogP contribution is 2.39. The SMILES string of the molecule is Cn1c(CO)nc2c(OCC3CCCC[C@@H]3O)c(Cl)c(Cl)cc21. The van der Waals surface area contributed by atoms with Crippen LogP contribution in [0.25, 0.3) is 11.0 Å². The maximum Gasteiger partial charge on any atom is 0.167 e. The van der Waals surface area contributed by atoms with Crippen molar-refractivity contribution in [2.24, 2.45) is 13.0 Å². The van der Waals surface area contributed by atoms with Gasteiger partial charge < -0.3 is 19.5 Å². The number of aliphatic hydroxyl groups excluding tert-OH is 2. The molecule has 0 spiro atoms.